The Morgan fingerprint density at radius 1 is 1.12 bits per heavy atom. The van der Waals surface area contributed by atoms with Crippen LogP contribution in [0.15, 0.2) is 65.6 Å². The number of benzene rings is 2. The SMILES string of the molecule is COCCn1ccc2c(NC(=O)Cn3nc(-c4ccc(OC)cc4F)ccc3=O)cccc21. The third-order valence-electron chi connectivity index (χ3n) is 5.24. The molecule has 4 rings (SSSR count). The van der Waals surface area contributed by atoms with Gasteiger partial charge in [-0.3, -0.25) is 9.59 Å². The fourth-order valence-corrected chi connectivity index (χ4v) is 3.58. The Morgan fingerprint density at radius 2 is 1.97 bits per heavy atom. The fraction of sp³-hybridized carbons (Fsp3) is 0.208. The number of amides is 1. The van der Waals surface area contributed by atoms with Crippen LogP contribution in [-0.4, -0.2) is 41.1 Å². The van der Waals surface area contributed by atoms with Crippen LogP contribution >= 0.6 is 0 Å². The molecule has 0 aliphatic carbocycles. The van der Waals surface area contributed by atoms with Crippen molar-refractivity contribution in [3.05, 3.63) is 77.0 Å². The number of hydrogen-bond acceptors (Lipinski definition) is 5. The van der Waals surface area contributed by atoms with E-state index in [2.05, 4.69) is 10.4 Å². The van der Waals surface area contributed by atoms with Gasteiger partial charge >= 0.3 is 0 Å². The molecule has 2 aromatic heterocycles. The topological polar surface area (TPSA) is 87.4 Å². The first-order valence-corrected chi connectivity index (χ1v) is 10.3. The fourth-order valence-electron chi connectivity index (χ4n) is 3.58. The number of anilines is 1. The van der Waals surface area contributed by atoms with Crippen LogP contribution in [0.3, 0.4) is 0 Å². The predicted octanol–water partition coefficient (Wildman–Crippen LogP) is 3.30. The van der Waals surface area contributed by atoms with Crippen LogP contribution in [0.1, 0.15) is 0 Å². The third kappa shape index (κ3) is 4.78. The highest BCUT2D eigenvalue weighted by Crippen LogP contribution is 2.25. The van der Waals surface area contributed by atoms with E-state index in [0.717, 1.165) is 15.6 Å². The van der Waals surface area contributed by atoms with Crippen molar-refractivity contribution in [3.63, 3.8) is 0 Å². The van der Waals surface area contributed by atoms with Crippen LogP contribution in [0.25, 0.3) is 22.2 Å². The van der Waals surface area contributed by atoms with Gasteiger partial charge in [-0.2, -0.15) is 5.10 Å². The molecule has 0 radical (unpaired) electrons. The Hall–Kier alpha value is -3.98. The van der Waals surface area contributed by atoms with Gasteiger partial charge in [0, 0.05) is 42.9 Å². The predicted molar refractivity (Wildman–Crippen MR) is 123 cm³/mol. The Balaban J connectivity index is 1.55. The summed E-state index contributed by atoms with van der Waals surface area (Å²) in [5.41, 5.74) is 1.55. The van der Waals surface area contributed by atoms with Gasteiger partial charge < -0.3 is 19.4 Å². The summed E-state index contributed by atoms with van der Waals surface area (Å²) in [6.45, 7) is 0.941. The van der Waals surface area contributed by atoms with Gasteiger partial charge in [0.05, 0.1) is 30.6 Å². The maximum atomic E-state index is 14.4. The molecule has 0 fully saturated rings. The van der Waals surface area contributed by atoms with Crippen molar-refractivity contribution in [1.29, 1.82) is 0 Å². The number of nitrogens with zero attached hydrogens (tertiary/aromatic N) is 3. The zero-order valence-electron chi connectivity index (χ0n) is 18.2. The Morgan fingerprint density at radius 3 is 2.73 bits per heavy atom. The van der Waals surface area contributed by atoms with E-state index in [1.54, 1.807) is 19.2 Å². The highest BCUT2D eigenvalue weighted by Gasteiger charge is 2.13. The van der Waals surface area contributed by atoms with Crippen LogP contribution in [0, 0.1) is 5.82 Å². The molecule has 1 amide bonds. The normalized spacial score (nSPS) is 11.0. The van der Waals surface area contributed by atoms with Crippen LogP contribution in [-0.2, 0) is 22.6 Å². The van der Waals surface area contributed by atoms with Crippen LogP contribution in [0.2, 0.25) is 0 Å². The van der Waals surface area contributed by atoms with Gasteiger partial charge in [0.25, 0.3) is 5.56 Å². The molecule has 33 heavy (non-hydrogen) atoms. The van der Waals surface area contributed by atoms with Crippen molar-refractivity contribution in [2.45, 2.75) is 13.1 Å². The Labute approximate surface area is 189 Å². The molecule has 0 aliphatic heterocycles. The minimum absolute atomic E-state index is 0.201. The number of rotatable bonds is 8. The van der Waals surface area contributed by atoms with E-state index in [9.17, 15) is 14.0 Å². The van der Waals surface area contributed by atoms with Crippen molar-refractivity contribution >= 4 is 22.5 Å². The number of carbonyl (C=O) groups excluding carboxylic acids is 1. The molecule has 2 heterocycles. The number of fused-ring (bicyclic) bond motifs is 1. The number of halogens is 1. The standard InChI is InChI=1S/C24H23FN4O4/c1-32-13-12-28-11-10-18-20(4-3-5-22(18)28)26-23(30)15-29-24(31)9-8-21(27-29)17-7-6-16(33-2)14-19(17)25/h3-11,14H,12-13,15H2,1-2H3,(H,26,30). The van der Waals surface area contributed by atoms with Crippen molar-refractivity contribution in [2.75, 3.05) is 26.1 Å². The largest absolute Gasteiger partial charge is 0.497 e. The van der Waals surface area contributed by atoms with Gasteiger partial charge in [0.15, 0.2) is 0 Å². The van der Waals surface area contributed by atoms with Gasteiger partial charge in [0.2, 0.25) is 5.91 Å². The summed E-state index contributed by atoms with van der Waals surface area (Å²) >= 11 is 0. The lowest BCUT2D eigenvalue weighted by Crippen LogP contribution is -2.29. The number of carbonyl (C=O) groups is 1. The lowest BCUT2D eigenvalue weighted by atomic mass is 10.1. The number of ether oxygens (including phenoxy) is 2. The summed E-state index contributed by atoms with van der Waals surface area (Å²) < 4.78 is 27.6. The third-order valence-corrected chi connectivity index (χ3v) is 5.24. The van der Waals surface area contributed by atoms with Gasteiger partial charge in [-0.25, -0.2) is 9.07 Å². The van der Waals surface area contributed by atoms with E-state index >= 15 is 0 Å². The molecule has 0 unspecified atom stereocenters. The minimum atomic E-state index is -0.541. The van der Waals surface area contributed by atoms with E-state index in [4.69, 9.17) is 9.47 Å². The van der Waals surface area contributed by atoms with Crippen molar-refractivity contribution in [2.24, 2.45) is 0 Å². The summed E-state index contributed by atoms with van der Waals surface area (Å²) in [6, 6.07) is 14.5. The van der Waals surface area contributed by atoms with E-state index in [0.29, 0.717) is 24.6 Å². The first-order chi connectivity index (χ1) is 16.0. The maximum Gasteiger partial charge on any atom is 0.267 e. The molecule has 8 nitrogen and oxygen atoms in total. The van der Waals surface area contributed by atoms with E-state index in [1.165, 1.54) is 31.4 Å². The summed E-state index contributed by atoms with van der Waals surface area (Å²) in [7, 11) is 3.09. The smallest absolute Gasteiger partial charge is 0.267 e. The monoisotopic (exact) mass is 450 g/mol. The molecule has 4 aromatic rings. The van der Waals surface area contributed by atoms with E-state index in [-0.39, 0.29) is 17.8 Å². The molecular weight excluding hydrogens is 427 g/mol. The maximum absolute atomic E-state index is 14.4. The summed E-state index contributed by atoms with van der Waals surface area (Å²) in [4.78, 5) is 25.0. The molecule has 2 aromatic carbocycles. The Bertz CT molecular complexity index is 1360. The van der Waals surface area contributed by atoms with Gasteiger partial charge in [-0.05, 0) is 36.4 Å². The molecule has 0 aliphatic rings. The molecular formula is C24H23FN4O4. The average Bonchev–Trinajstić information content (AvgIpc) is 3.23. The molecule has 0 saturated heterocycles. The highest BCUT2D eigenvalue weighted by atomic mass is 19.1. The van der Waals surface area contributed by atoms with Gasteiger partial charge in [0.1, 0.15) is 18.1 Å². The molecule has 0 saturated carbocycles. The van der Waals surface area contributed by atoms with E-state index < -0.39 is 17.3 Å². The second kappa shape index (κ2) is 9.66. The number of nitrogens with one attached hydrogen (secondary N) is 1. The number of methoxy groups -OCH3 is 2. The molecule has 0 atom stereocenters. The van der Waals surface area contributed by atoms with Crippen molar-refractivity contribution in [3.8, 4) is 17.0 Å². The zero-order chi connectivity index (χ0) is 23.4. The average molecular weight is 450 g/mol. The van der Waals surface area contributed by atoms with Crippen molar-refractivity contribution < 1.29 is 18.7 Å². The van der Waals surface area contributed by atoms with Gasteiger partial charge in [-0.15, -0.1) is 0 Å². The summed E-state index contributed by atoms with van der Waals surface area (Å²) in [5.74, 6) is -0.593. The molecule has 9 heteroatoms. The second-order valence-electron chi connectivity index (χ2n) is 7.35. The first-order valence-electron chi connectivity index (χ1n) is 10.3. The molecule has 170 valence electrons. The zero-order valence-corrected chi connectivity index (χ0v) is 18.2. The lowest BCUT2D eigenvalue weighted by Gasteiger charge is -2.11. The minimum Gasteiger partial charge on any atom is -0.497 e. The number of aromatic nitrogens is 3. The van der Waals surface area contributed by atoms with Crippen LogP contribution in [0.5, 0.6) is 5.75 Å². The lowest BCUT2D eigenvalue weighted by molar-refractivity contribution is -0.117. The summed E-state index contributed by atoms with van der Waals surface area (Å²) in [5, 5.41) is 7.90. The first kappa shape index (κ1) is 22.2. The Kier molecular flexibility index (Phi) is 6.50. The highest BCUT2D eigenvalue weighted by molar-refractivity contribution is 6.01. The quantitative estimate of drug-likeness (QED) is 0.445. The van der Waals surface area contributed by atoms with E-state index in [1.807, 2.05) is 29.0 Å². The summed E-state index contributed by atoms with van der Waals surface area (Å²) in [6.07, 6.45) is 1.93. The van der Waals surface area contributed by atoms with Crippen LogP contribution in [0.4, 0.5) is 10.1 Å². The molecule has 1 N–H and O–H groups in total. The van der Waals surface area contributed by atoms with Gasteiger partial charge in [-0.1, -0.05) is 6.07 Å². The second-order valence-corrected chi connectivity index (χ2v) is 7.35. The van der Waals surface area contributed by atoms with Crippen LogP contribution < -0.4 is 15.6 Å². The molecule has 0 spiro atoms. The number of hydrogen-bond donors (Lipinski definition) is 1. The van der Waals surface area contributed by atoms with Crippen molar-refractivity contribution in [1.82, 2.24) is 14.3 Å². The molecule has 0 bridgehead atoms.